The van der Waals surface area contributed by atoms with E-state index in [0.717, 1.165) is 11.1 Å². The van der Waals surface area contributed by atoms with E-state index >= 15 is 0 Å². The Kier molecular flexibility index (Phi) is 4.10. The highest BCUT2D eigenvalue weighted by Gasteiger charge is 2.22. The summed E-state index contributed by atoms with van der Waals surface area (Å²) < 4.78 is 15.8. The minimum atomic E-state index is -0.383. The molecular weight excluding hydrogens is 294 g/mol. The fourth-order valence-corrected chi connectivity index (χ4v) is 2.26. The number of ether oxygens (including phenoxy) is 3. The Morgan fingerprint density at radius 2 is 1.78 bits per heavy atom. The van der Waals surface area contributed by atoms with Gasteiger partial charge in [-0.2, -0.15) is 0 Å². The maximum absolute atomic E-state index is 12.0. The lowest BCUT2D eigenvalue weighted by molar-refractivity contribution is -0.130. The third-order valence-electron chi connectivity index (χ3n) is 3.42. The number of carbonyl (C=O) groups excluding carboxylic acids is 1. The summed E-state index contributed by atoms with van der Waals surface area (Å²) in [6, 6.07) is 9.00. The normalized spacial score (nSPS) is 15.3. The number of hydrogen-bond donors (Lipinski definition) is 0. The highest BCUT2D eigenvalue weighted by atomic mass is 16.5. The lowest BCUT2D eigenvalue weighted by atomic mass is 10.1. The SMILES string of the molecule is COc1ccc(C2=C/C(=C/c3ccncc3)C(=O)O2)cc1OC. The van der Waals surface area contributed by atoms with Crippen molar-refractivity contribution in [3.63, 3.8) is 0 Å². The zero-order valence-corrected chi connectivity index (χ0v) is 12.8. The Morgan fingerprint density at radius 3 is 2.48 bits per heavy atom. The van der Waals surface area contributed by atoms with E-state index in [9.17, 15) is 4.79 Å². The molecule has 0 unspecified atom stereocenters. The second-order valence-corrected chi connectivity index (χ2v) is 4.85. The van der Waals surface area contributed by atoms with Crippen LogP contribution in [0.4, 0.5) is 0 Å². The quantitative estimate of drug-likeness (QED) is 0.641. The average molecular weight is 309 g/mol. The molecule has 5 nitrogen and oxygen atoms in total. The Balaban J connectivity index is 1.94. The molecule has 0 radical (unpaired) electrons. The van der Waals surface area contributed by atoms with E-state index in [0.29, 0.717) is 22.8 Å². The number of esters is 1. The highest BCUT2D eigenvalue weighted by Crippen LogP contribution is 2.33. The van der Waals surface area contributed by atoms with Crippen molar-refractivity contribution >= 4 is 17.8 Å². The molecular formula is C18H15NO4. The van der Waals surface area contributed by atoms with Crippen LogP contribution in [0.5, 0.6) is 11.5 Å². The van der Waals surface area contributed by atoms with Crippen LogP contribution in [0.25, 0.3) is 11.8 Å². The van der Waals surface area contributed by atoms with Gasteiger partial charge in [-0.3, -0.25) is 4.98 Å². The molecule has 1 aromatic heterocycles. The predicted octanol–water partition coefficient (Wildman–Crippen LogP) is 3.08. The zero-order valence-electron chi connectivity index (χ0n) is 12.8. The number of carbonyl (C=O) groups is 1. The molecule has 1 aliphatic heterocycles. The second-order valence-electron chi connectivity index (χ2n) is 4.85. The molecule has 2 heterocycles. The lowest BCUT2D eigenvalue weighted by Crippen LogP contribution is -1.98. The molecule has 1 aromatic carbocycles. The Hall–Kier alpha value is -3.08. The maximum atomic E-state index is 12.0. The van der Waals surface area contributed by atoms with Crippen molar-refractivity contribution in [2.45, 2.75) is 0 Å². The summed E-state index contributed by atoms with van der Waals surface area (Å²) in [6.45, 7) is 0. The van der Waals surface area contributed by atoms with Crippen LogP contribution in [0.3, 0.4) is 0 Å². The van der Waals surface area contributed by atoms with Crippen molar-refractivity contribution in [2.75, 3.05) is 14.2 Å². The third-order valence-corrected chi connectivity index (χ3v) is 3.42. The maximum Gasteiger partial charge on any atom is 0.343 e. The average Bonchev–Trinajstić information content (AvgIpc) is 2.96. The molecule has 0 saturated carbocycles. The number of pyridine rings is 1. The van der Waals surface area contributed by atoms with Crippen LogP contribution < -0.4 is 9.47 Å². The van der Waals surface area contributed by atoms with E-state index in [4.69, 9.17) is 14.2 Å². The monoisotopic (exact) mass is 309 g/mol. The molecule has 0 aliphatic carbocycles. The molecule has 5 heteroatoms. The first-order valence-electron chi connectivity index (χ1n) is 6.99. The number of cyclic esters (lactones) is 1. The Morgan fingerprint density at radius 1 is 1.04 bits per heavy atom. The fourth-order valence-electron chi connectivity index (χ4n) is 2.26. The largest absolute Gasteiger partial charge is 0.493 e. The summed E-state index contributed by atoms with van der Waals surface area (Å²) in [4.78, 5) is 16.0. The van der Waals surface area contributed by atoms with Crippen molar-refractivity contribution in [1.29, 1.82) is 0 Å². The Labute approximate surface area is 133 Å². The van der Waals surface area contributed by atoms with Gasteiger partial charge in [0.25, 0.3) is 0 Å². The van der Waals surface area contributed by atoms with E-state index < -0.39 is 0 Å². The molecule has 0 N–H and O–H groups in total. The second kappa shape index (κ2) is 6.36. The first kappa shape index (κ1) is 14.8. The van der Waals surface area contributed by atoms with Gasteiger partial charge in [-0.15, -0.1) is 0 Å². The third kappa shape index (κ3) is 3.08. The van der Waals surface area contributed by atoms with E-state index in [-0.39, 0.29) is 5.97 Å². The van der Waals surface area contributed by atoms with Gasteiger partial charge in [-0.25, -0.2) is 4.79 Å². The van der Waals surface area contributed by atoms with Crippen LogP contribution in [0.15, 0.2) is 54.4 Å². The van der Waals surface area contributed by atoms with Crippen molar-refractivity contribution in [1.82, 2.24) is 4.98 Å². The summed E-state index contributed by atoms with van der Waals surface area (Å²) in [7, 11) is 3.13. The highest BCUT2D eigenvalue weighted by molar-refractivity contribution is 6.05. The van der Waals surface area contributed by atoms with Crippen LogP contribution in [0.2, 0.25) is 0 Å². The van der Waals surface area contributed by atoms with Gasteiger partial charge in [0.1, 0.15) is 5.76 Å². The van der Waals surface area contributed by atoms with E-state index in [1.807, 2.05) is 18.2 Å². The topological polar surface area (TPSA) is 57.7 Å². The molecule has 0 spiro atoms. The predicted molar refractivity (Wildman–Crippen MR) is 85.8 cm³/mol. The van der Waals surface area contributed by atoms with Crippen molar-refractivity contribution in [2.24, 2.45) is 0 Å². The van der Waals surface area contributed by atoms with Gasteiger partial charge >= 0.3 is 5.97 Å². The molecule has 0 bridgehead atoms. The number of aromatic nitrogens is 1. The molecule has 0 atom stereocenters. The molecule has 0 fully saturated rings. The van der Waals surface area contributed by atoms with Crippen LogP contribution in [-0.2, 0) is 9.53 Å². The van der Waals surface area contributed by atoms with Gasteiger partial charge in [0.05, 0.1) is 19.8 Å². The van der Waals surface area contributed by atoms with Crippen LogP contribution in [0, 0.1) is 0 Å². The molecule has 23 heavy (non-hydrogen) atoms. The first-order chi connectivity index (χ1) is 11.2. The number of nitrogens with zero attached hydrogens (tertiary/aromatic N) is 1. The summed E-state index contributed by atoms with van der Waals surface area (Å²) >= 11 is 0. The molecule has 0 saturated heterocycles. The van der Waals surface area contributed by atoms with Crippen molar-refractivity contribution < 1.29 is 19.0 Å². The molecule has 116 valence electrons. The van der Waals surface area contributed by atoms with Crippen LogP contribution in [-0.4, -0.2) is 25.2 Å². The summed E-state index contributed by atoms with van der Waals surface area (Å²) in [5.74, 6) is 1.30. The van der Waals surface area contributed by atoms with Crippen molar-refractivity contribution in [3.05, 3.63) is 65.5 Å². The van der Waals surface area contributed by atoms with Gasteiger partial charge in [-0.1, -0.05) is 0 Å². The van der Waals surface area contributed by atoms with Gasteiger partial charge in [0.15, 0.2) is 11.5 Å². The van der Waals surface area contributed by atoms with Gasteiger partial charge in [-0.05, 0) is 48.0 Å². The number of hydrogen-bond acceptors (Lipinski definition) is 5. The summed E-state index contributed by atoms with van der Waals surface area (Å²) in [5.41, 5.74) is 2.12. The fraction of sp³-hybridized carbons (Fsp3) is 0.111. The molecule has 3 rings (SSSR count). The van der Waals surface area contributed by atoms with E-state index in [2.05, 4.69) is 4.98 Å². The number of rotatable bonds is 4. The van der Waals surface area contributed by atoms with Gasteiger partial charge < -0.3 is 14.2 Å². The van der Waals surface area contributed by atoms with Crippen LogP contribution in [0.1, 0.15) is 11.1 Å². The van der Waals surface area contributed by atoms with Crippen LogP contribution >= 0.6 is 0 Å². The lowest BCUT2D eigenvalue weighted by Gasteiger charge is -2.09. The van der Waals surface area contributed by atoms with Gasteiger partial charge in [0.2, 0.25) is 0 Å². The minimum absolute atomic E-state index is 0.383. The Bertz CT molecular complexity index is 794. The van der Waals surface area contributed by atoms with E-state index in [1.165, 1.54) is 0 Å². The zero-order chi connectivity index (χ0) is 16.2. The molecule has 2 aromatic rings. The molecule has 1 aliphatic rings. The summed E-state index contributed by atoms with van der Waals surface area (Å²) in [6.07, 6.45) is 6.82. The number of methoxy groups -OCH3 is 2. The van der Waals surface area contributed by atoms with E-state index in [1.54, 1.807) is 50.9 Å². The minimum Gasteiger partial charge on any atom is -0.493 e. The first-order valence-corrected chi connectivity index (χ1v) is 6.99. The molecule has 0 amide bonds. The van der Waals surface area contributed by atoms with Gasteiger partial charge in [0, 0.05) is 18.0 Å². The van der Waals surface area contributed by atoms with Crippen molar-refractivity contribution in [3.8, 4) is 11.5 Å². The summed E-state index contributed by atoms with van der Waals surface area (Å²) in [5, 5.41) is 0. The standard InChI is InChI=1S/C18H15NO4/c1-21-15-4-3-13(10-17(15)22-2)16-11-14(18(20)23-16)9-12-5-7-19-8-6-12/h3-11H,1-2H3/b14-9-. The number of benzene rings is 1. The smallest absolute Gasteiger partial charge is 0.343 e.